The summed E-state index contributed by atoms with van der Waals surface area (Å²) in [7, 11) is -1.22. The van der Waals surface area contributed by atoms with E-state index in [0.717, 1.165) is 0 Å². The minimum atomic E-state index is -2.75. The van der Waals surface area contributed by atoms with Gasteiger partial charge in [0.1, 0.15) is 5.69 Å². The Balaban J connectivity index is 0.00000625. The van der Waals surface area contributed by atoms with Crippen molar-refractivity contribution in [2.24, 2.45) is 0 Å². The van der Waals surface area contributed by atoms with E-state index in [1.807, 2.05) is 0 Å². The fraction of sp³-hybridized carbons (Fsp3) is 0.625. The number of hydrogen-bond acceptors (Lipinski definition) is 4. The average Bonchev–Trinajstić information content (AvgIpc) is 3.01. The summed E-state index contributed by atoms with van der Waals surface area (Å²) in [5.41, 5.74) is -0.541. The molecule has 0 saturated heterocycles. The molecule has 0 aliphatic heterocycles. The van der Waals surface area contributed by atoms with Gasteiger partial charge in [0.2, 0.25) is 16.5 Å². The predicted molar refractivity (Wildman–Crippen MR) is 101 cm³/mol. The largest absolute Gasteiger partial charge is 0.358 e. The number of hydrogen-bond donors (Lipinski definition) is 2. The standard InChI is InChI=1S/C16H28N3O5S.U/c1-8-10(2)25(22,23)16(5,6)14(21)18-12-9-11(19-24-12)15(3,4)13(20)17-7;/h9-10,22-23H,1,8H2,2-7H3,(H,17,20)(H,18,21);/q-1;/p+2. The fourth-order valence-electron chi connectivity index (χ4n) is 2.15. The first-order chi connectivity index (χ1) is 11.3. The molecule has 0 radical (unpaired) electrons. The van der Waals surface area contributed by atoms with Crippen molar-refractivity contribution in [2.75, 3.05) is 12.4 Å². The molecule has 8 nitrogen and oxygen atoms in total. The van der Waals surface area contributed by atoms with Gasteiger partial charge in [-0.1, -0.05) is 5.16 Å². The van der Waals surface area contributed by atoms with Crippen LogP contribution in [0.3, 0.4) is 0 Å². The van der Waals surface area contributed by atoms with Crippen LogP contribution >= 0.6 is 10.6 Å². The zero-order valence-corrected chi connectivity index (χ0v) is 21.1. The van der Waals surface area contributed by atoms with Gasteiger partial charge >= 0.3 is 0 Å². The third-order valence-electron chi connectivity index (χ3n) is 4.54. The van der Waals surface area contributed by atoms with Crippen LogP contribution in [0.4, 0.5) is 5.88 Å². The van der Waals surface area contributed by atoms with Gasteiger partial charge in [-0.2, -0.15) is 6.42 Å². The van der Waals surface area contributed by atoms with Crippen molar-refractivity contribution in [2.45, 2.75) is 56.5 Å². The summed E-state index contributed by atoms with van der Waals surface area (Å²) in [4.78, 5) is 24.6. The average molecular weight is 615 g/mol. The van der Waals surface area contributed by atoms with E-state index < -0.39 is 26.7 Å². The third-order valence-corrected chi connectivity index (χ3v) is 7.78. The van der Waals surface area contributed by atoms with Gasteiger partial charge in [0.05, 0.1) is 10.7 Å². The molecule has 0 spiro atoms. The molecule has 148 valence electrons. The predicted octanol–water partition coefficient (Wildman–Crippen LogP) is 1.11. The van der Waals surface area contributed by atoms with Crippen molar-refractivity contribution >= 4 is 28.3 Å². The molecule has 26 heavy (non-hydrogen) atoms. The molecular formula is C16H30N3O5SU+. The Hall–Kier alpha value is -0.528. The van der Waals surface area contributed by atoms with E-state index in [2.05, 4.69) is 22.7 Å². The molecule has 0 saturated carbocycles. The maximum absolute atomic E-state index is 12.6. The van der Waals surface area contributed by atoms with Crippen molar-refractivity contribution < 1.29 is 54.3 Å². The summed E-state index contributed by atoms with van der Waals surface area (Å²) < 4.78 is 20.6. The Kier molecular flexibility index (Phi) is 8.92. The molecule has 1 rings (SSSR count). The van der Waals surface area contributed by atoms with Gasteiger partial charge in [-0.15, -0.1) is 0 Å². The van der Waals surface area contributed by atoms with Gasteiger partial charge < -0.3 is 16.8 Å². The molecule has 6 N–H and O–H groups in total. The molecule has 1 unspecified atom stereocenters. The van der Waals surface area contributed by atoms with Gasteiger partial charge in [0, 0.05) is 44.2 Å². The van der Waals surface area contributed by atoms with Crippen LogP contribution < -0.4 is 10.6 Å². The van der Waals surface area contributed by atoms with Crippen molar-refractivity contribution in [3.63, 3.8) is 0 Å². The monoisotopic (exact) mass is 614 g/mol. The Labute approximate surface area is 180 Å². The van der Waals surface area contributed by atoms with Gasteiger partial charge in [-0.25, -0.2) is 0 Å². The molecule has 1 aromatic rings. The molecule has 1 heterocycles. The number of likely N-dealkylation sites (N-methyl/N-ethyl adjacent to an activating group) is 1. The molecule has 0 aliphatic rings. The maximum Gasteiger partial charge on any atom is 0.261 e. The maximum atomic E-state index is 12.6. The molecule has 0 bridgehead atoms. The quantitative estimate of drug-likeness (QED) is 0.352. The number of aromatic nitrogens is 1. The fourth-order valence-corrected chi connectivity index (χ4v) is 3.85. The van der Waals surface area contributed by atoms with E-state index >= 15 is 0 Å². The number of nitrogens with one attached hydrogen (secondary N) is 2. The Morgan fingerprint density at radius 3 is 2.31 bits per heavy atom. The van der Waals surface area contributed by atoms with Crippen LogP contribution in [0.5, 0.6) is 0 Å². The van der Waals surface area contributed by atoms with Gasteiger partial charge in [0.25, 0.3) is 5.91 Å². The SMILES string of the molecule is [CH2-]CC(C)S([OH2+])([OH2+])C(C)(C)C(=O)Nc1cc(C(C)(C)C(=O)NC)no1.[U]. The van der Waals surface area contributed by atoms with Crippen LogP contribution in [0.25, 0.3) is 0 Å². The minimum absolute atomic E-state index is 0. The van der Waals surface area contributed by atoms with E-state index in [0.29, 0.717) is 12.1 Å². The number of carbonyl (C=O) groups is 2. The van der Waals surface area contributed by atoms with Crippen LogP contribution in [0.15, 0.2) is 10.6 Å². The van der Waals surface area contributed by atoms with E-state index in [9.17, 15) is 9.59 Å². The Bertz CT molecular complexity index is 646. The van der Waals surface area contributed by atoms with Crippen molar-refractivity contribution in [1.29, 1.82) is 0 Å². The first kappa shape index (κ1) is 25.5. The summed E-state index contributed by atoms with van der Waals surface area (Å²) in [6, 6.07) is 1.49. The number of anilines is 1. The molecule has 1 atom stereocenters. The van der Waals surface area contributed by atoms with Gasteiger partial charge in [-0.05, 0) is 45.2 Å². The number of amides is 2. The number of carbonyl (C=O) groups excluding carboxylic acids is 2. The second-order valence-corrected chi connectivity index (χ2v) is 10.1. The molecular weight excluding hydrogens is 584 g/mol. The van der Waals surface area contributed by atoms with E-state index in [4.69, 9.17) is 13.6 Å². The summed E-state index contributed by atoms with van der Waals surface area (Å²) in [5.74, 6) is -0.639. The van der Waals surface area contributed by atoms with Crippen molar-refractivity contribution in [1.82, 2.24) is 10.5 Å². The molecule has 10 heteroatoms. The zero-order valence-electron chi connectivity index (χ0n) is 16.1. The van der Waals surface area contributed by atoms with E-state index in [1.54, 1.807) is 34.6 Å². The second-order valence-electron chi connectivity index (χ2n) is 7.00. The number of rotatable bonds is 7. The van der Waals surface area contributed by atoms with E-state index in [1.165, 1.54) is 13.1 Å². The number of nitrogens with zero attached hydrogens (tertiary/aromatic N) is 1. The van der Waals surface area contributed by atoms with Gasteiger partial charge in [-0.3, -0.25) is 24.0 Å². The molecule has 0 aromatic carbocycles. The molecule has 1 aromatic heterocycles. The van der Waals surface area contributed by atoms with Gasteiger partial charge in [0.15, 0.2) is 0 Å². The minimum Gasteiger partial charge on any atom is -0.358 e. The molecule has 0 aliphatic carbocycles. The van der Waals surface area contributed by atoms with Crippen LogP contribution in [0.1, 0.15) is 46.7 Å². The molecule has 0 fully saturated rings. The summed E-state index contributed by atoms with van der Waals surface area (Å²) in [6.45, 7) is 12.0. The zero-order chi connectivity index (χ0) is 19.6. The van der Waals surface area contributed by atoms with Crippen LogP contribution in [-0.2, 0) is 15.0 Å². The smallest absolute Gasteiger partial charge is 0.261 e. The summed E-state index contributed by atoms with van der Waals surface area (Å²) in [6.07, 6.45) is 0.409. The third kappa shape index (κ3) is 4.84. The Morgan fingerprint density at radius 1 is 1.31 bits per heavy atom. The molecule has 2 amide bonds. The Morgan fingerprint density at radius 2 is 1.85 bits per heavy atom. The van der Waals surface area contributed by atoms with Crippen molar-refractivity contribution in [3.05, 3.63) is 18.7 Å². The second kappa shape index (κ2) is 9.11. The van der Waals surface area contributed by atoms with Crippen molar-refractivity contribution in [3.8, 4) is 0 Å². The normalized spacial score (nSPS) is 14.2. The van der Waals surface area contributed by atoms with Crippen LogP contribution in [0, 0.1) is 38.0 Å². The van der Waals surface area contributed by atoms with Crippen LogP contribution in [0.2, 0.25) is 0 Å². The topological polar surface area (TPSA) is 130 Å². The summed E-state index contributed by atoms with van der Waals surface area (Å²) in [5, 5.41) is 8.68. The summed E-state index contributed by atoms with van der Waals surface area (Å²) >= 11 is 0. The first-order valence-electron chi connectivity index (χ1n) is 7.93. The van der Waals surface area contributed by atoms with Crippen LogP contribution in [-0.4, -0.2) is 43.1 Å². The first-order valence-corrected chi connectivity index (χ1v) is 9.63. The van der Waals surface area contributed by atoms with E-state index in [-0.39, 0.29) is 48.2 Å².